The summed E-state index contributed by atoms with van der Waals surface area (Å²) >= 11 is 0. The third-order valence-electron chi connectivity index (χ3n) is 4.08. The second-order valence-corrected chi connectivity index (χ2v) is 5.18. The number of carbonyl (C=O) groups excluding carboxylic acids is 2. The van der Waals surface area contributed by atoms with Gasteiger partial charge in [0.25, 0.3) is 0 Å². The molecule has 1 saturated heterocycles. The molecule has 1 aromatic rings. The number of hydrogen-bond donors (Lipinski definition) is 0. The van der Waals surface area contributed by atoms with E-state index in [4.69, 9.17) is 9.47 Å². The predicted molar refractivity (Wildman–Crippen MR) is 65.0 cm³/mol. The van der Waals surface area contributed by atoms with Crippen LogP contribution in [0.25, 0.3) is 0 Å². The van der Waals surface area contributed by atoms with Gasteiger partial charge in [-0.2, -0.15) is 0 Å². The third-order valence-corrected chi connectivity index (χ3v) is 4.08. The Balaban J connectivity index is 1.81. The van der Waals surface area contributed by atoms with E-state index in [-0.39, 0.29) is 30.9 Å². The molecule has 0 radical (unpaired) electrons. The minimum absolute atomic E-state index is 0.0248. The predicted octanol–water partition coefficient (Wildman–Crippen LogP) is 1.20. The van der Waals surface area contributed by atoms with Gasteiger partial charge in [-0.05, 0) is 29.7 Å². The average molecular weight is 259 g/mol. The van der Waals surface area contributed by atoms with Crippen LogP contribution in [-0.4, -0.2) is 29.9 Å². The fourth-order valence-electron chi connectivity index (χ4n) is 3.17. The summed E-state index contributed by atoms with van der Waals surface area (Å²) in [5.74, 6) is 1.45. The Labute approximate surface area is 110 Å². The van der Waals surface area contributed by atoms with E-state index < -0.39 is 0 Å². The van der Waals surface area contributed by atoms with Gasteiger partial charge in [-0.15, -0.1) is 0 Å². The monoisotopic (exact) mass is 259 g/mol. The molecule has 0 N–H and O–H groups in total. The molecule has 3 heterocycles. The molecule has 1 aromatic carbocycles. The third kappa shape index (κ3) is 1.54. The number of piperidine rings is 1. The van der Waals surface area contributed by atoms with E-state index in [1.54, 1.807) is 0 Å². The van der Waals surface area contributed by atoms with Gasteiger partial charge in [0, 0.05) is 13.0 Å². The zero-order chi connectivity index (χ0) is 13.0. The molecular weight excluding hydrogens is 246 g/mol. The van der Waals surface area contributed by atoms with Crippen LogP contribution in [0.3, 0.4) is 0 Å². The highest BCUT2D eigenvalue weighted by Gasteiger charge is 2.38. The average Bonchev–Trinajstić information content (AvgIpc) is 2.83. The first-order chi connectivity index (χ1) is 9.22. The highest BCUT2D eigenvalue weighted by Crippen LogP contribution is 2.42. The lowest BCUT2D eigenvalue weighted by atomic mass is 9.86. The van der Waals surface area contributed by atoms with E-state index in [0.717, 1.165) is 23.3 Å². The Morgan fingerprint density at radius 2 is 1.95 bits per heavy atom. The summed E-state index contributed by atoms with van der Waals surface area (Å²) in [4.78, 5) is 25.4. The van der Waals surface area contributed by atoms with E-state index >= 15 is 0 Å². The number of hydrogen-bond acceptors (Lipinski definition) is 4. The number of amides is 1. The largest absolute Gasteiger partial charge is 0.454 e. The smallest absolute Gasteiger partial charge is 0.231 e. The van der Waals surface area contributed by atoms with Crippen LogP contribution in [0.4, 0.5) is 0 Å². The van der Waals surface area contributed by atoms with Gasteiger partial charge < -0.3 is 14.4 Å². The molecule has 3 aliphatic heterocycles. The Hall–Kier alpha value is -2.04. The molecule has 0 spiro atoms. The zero-order valence-electron chi connectivity index (χ0n) is 10.3. The maximum absolute atomic E-state index is 11.9. The highest BCUT2D eigenvalue weighted by atomic mass is 16.7. The molecule has 0 aromatic heterocycles. The van der Waals surface area contributed by atoms with Crippen LogP contribution < -0.4 is 9.47 Å². The Morgan fingerprint density at radius 1 is 1.16 bits per heavy atom. The topological polar surface area (TPSA) is 55.8 Å². The van der Waals surface area contributed by atoms with Crippen LogP contribution in [-0.2, 0) is 16.0 Å². The van der Waals surface area contributed by atoms with Crippen molar-refractivity contribution in [2.75, 3.05) is 13.3 Å². The fraction of sp³-hybridized carbons (Fsp3) is 0.429. The van der Waals surface area contributed by atoms with Crippen LogP contribution in [0.1, 0.15) is 30.0 Å². The van der Waals surface area contributed by atoms with Crippen LogP contribution in [0.5, 0.6) is 11.5 Å². The van der Waals surface area contributed by atoms with Crippen LogP contribution >= 0.6 is 0 Å². The molecule has 4 rings (SSSR count). The van der Waals surface area contributed by atoms with E-state index in [1.807, 2.05) is 17.0 Å². The summed E-state index contributed by atoms with van der Waals surface area (Å²) in [7, 11) is 0. The fourth-order valence-corrected chi connectivity index (χ4v) is 3.17. The first kappa shape index (κ1) is 10.8. The molecule has 5 nitrogen and oxygen atoms in total. The van der Waals surface area contributed by atoms with Gasteiger partial charge >= 0.3 is 0 Å². The molecule has 1 fully saturated rings. The van der Waals surface area contributed by atoms with Crippen molar-refractivity contribution in [3.05, 3.63) is 23.3 Å². The first-order valence-electron chi connectivity index (χ1n) is 6.46. The molecule has 1 amide bonds. The Morgan fingerprint density at radius 3 is 2.79 bits per heavy atom. The van der Waals surface area contributed by atoms with E-state index in [2.05, 4.69) is 0 Å². The lowest BCUT2D eigenvalue weighted by Gasteiger charge is -2.39. The van der Waals surface area contributed by atoms with Crippen molar-refractivity contribution in [3.8, 4) is 11.5 Å². The summed E-state index contributed by atoms with van der Waals surface area (Å²) in [5.41, 5.74) is 2.20. The number of benzene rings is 1. The van der Waals surface area contributed by atoms with Crippen molar-refractivity contribution in [1.82, 2.24) is 4.90 Å². The SMILES string of the molecule is O=C1CC(=O)N2CCc3cc4c(cc3C2C1)OCO4. The van der Waals surface area contributed by atoms with E-state index in [0.29, 0.717) is 18.7 Å². The first-order valence-corrected chi connectivity index (χ1v) is 6.46. The van der Waals surface area contributed by atoms with Crippen molar-refractivity contribution in [2.45, 2.75) is 25.3 Å². The number of ketones is 1. The van der Waals surface area contributed by atoms with Gasteiger partial charge in [-0.25, -0.2) is 0 Å². The van der Waals surface area contributed by atoms with Gasteiger partial charge in [0.15, 0.2) is 11.5 Å². The molecule has 98 valence electrons. The van der Waals surface area contributed by atoms with Crippen LogP contribution in [0, 0.1) is 0 Å². The molecule has 19 heavy (non-hydrogen) atoms. The highest BCUT2D eigenvalue weighted by molar-refractivity contribution is 6.01. The molecule has 3 aliphatic rings. The lowest BCUT2D eigenvalue weighted by Crippen LogP contribution is -2.45. The van der Waals surface area contributed by atoms with Gasteiger partial charge in [-0.1, -0.05) is 0 Å². The summed E-state index contributed by atoms with van der Waals surface area (Å²) < 4.78 is 10.8. The minimum Gasteiger partial charge on any atom is -0.454 e. The lowest BCUT2D eigenvalue weighted by molar-refractivity contribution is -0.143. The van der Waals surface area contributed by atoms with Crippen LogP contribution in [0.15, 0.2) is 12.1 Å². The normalized spacial score (nSPS) is 24.2. The zero-order valence-corrected chi connectivity index (χ0v) is 10.3. The second-order valence-electron chi connectivity index (χ2n) is 5.18. The second kappa shape index (κ2) is 3.73. The molecule has 0 bridgehead atoms. The number of rotatable bonds is 0. The maximum Gasteiger partial charge on any atom is 0.231 e. The van der Waals surface area contributed by atoms with E-state index in [9.17, 15) is 9.59 Å². The quantitative estimate of drug-likeness (QED) is 0.657. The Bertz CT molecular complexity index is 595. The summed E-state index contributed by atoms with van der Waals surface area (Å²) in [6.45, 7) is 0.924. The number of Topliss-reactive ketones (excluding diaryl/α,β-unsaturated/α-hetero) is 1. The van der Waals surface area contributed by atoms with Crippen molar-refractivity contribution in [1.29, 1.82) is 0 Å². The molecular formula is C14H13NO4. The maximum atomic E-state index is 11.9. The van der Waals surface area contributed by atoms with Gasteiger partial charge in [0.05, 0.1) is 12.5 Å². The standard InChI is InChI=1S/C14H13NO4/c16-9-4-11-10-6-13-12(18-7-19-13)3-8(10)1-2-15(11)14(17)5-9/h3,6,11H,1-2,4-5,7H2. The van der Waals surface area contributed by atoms with Gasteiger partial charge in [0.2, 0.25) is 12.7 Å². The van der Waals surface area contributed by atoms with Crippen molar-refractivity contribution < 1.29 is 19.1 Å². The summed E-state index contributed by atoms with van der Waals surface area (Å²) in [6, 6.07) is 3.80. The number of ether oxygens (including phenoxy) is 2. The van der Waals surface area contributed by atoms with Gasteiger partial charge in [-0.3, -0.25) is 9.59 Å². The number of carbonyl (C=O) groups is 2. The number of fused-ring (bicyclic) bond motifs is 4. The summed E-state index contributed by atoms with van der Waals surface area (Å²) in [5, 5.41) is 0. The number of nitrogens with zero attached hydrogens (tertiary/aromatic N) is 1. The van der Waals surface area contributed by atoms with Gasteiger partial charge in [0.1, 0.15) is 5.78 Å². The molecule has 0 aliphatic carbocycles. The van der Waals surface area contributed by atoms with E-state index in [1.165, 1.54) is 0 Å². The molecule has 5 heteroatoms. The molecule has 0 saturated carbocycles. The van der Waals surface area contributed by atoms with Crippen molar-refractivity contribution in [2.24, 2.45) is 0 Å². The molecule has 1 unspecified atom stereocenters. The van der Waals surface area contributed by atoms with Crippen molar-refractivity contribution >= 4 is 11.7 Å². The van der Waals surface area contributed by atoms with Crippen LogP contribution in [0.2, 0.25) is 0 Å². The van der Waals surface area contributed by atoms with Crippen molar-refractivity contribution in [3.63, 3.8) is 0 Å². The summed E-state index contributed by atoms with van der Waals surface area (Å²) in [6.07, 6.45) is 1.27. The molecule has 1 atom stereocenters. The Kier molecular flexibility index (Phi) is 2.13. The minimum atomic E-state index is -0.119.